The first-order chi connectivity index (χ1) is 14.0. The van der Waals surface area contributed by atoms with Gasteiger partial charge in [0, 0.05) is 42.6 Å². The summed E-state index contributed by atoms with van der Waals surface area (Å²) in [4.78, 5) is 32.2. The van der Waals surface area contributed by atoms with E-state index in [-0.39, 0.29) is 17.0 Å². The number of benzene rings is 2. The van der Waals surface area contributed by atoms with E-state index < -0.39 is 0 Å². The molecule has 0 radical (unpaired) electrons. The smallest absolute Gasteiger partial charge is 0.261 e. The molecule has 6 heteroatoms. The number of aromatic nitrogens is 1. The number of carbonyl (C=O) groups is 1. The fraction of sp³-hybridized carbons (Fsp3) is 0.217. The molecule has 1 amide bonds. The topological polar surface area (TPSA) is 56.4 Å². The van der Waals surface area contributed by atoms with Crippen molar-refractivity contribution >= 4 is 23.2 Å². The van der Waals surface area contributed by atoms with Crippen molar-refractivity contribution in [2.75, 3.05) is 31.1 Å². The molecular weight excluding hydrogens is 386 g/mol. The molecule has 5 nitrogen and oxygen atoms in total. The maximum atomic E-state index is 12.9. The Morgan fingerprint density at radius 1 is 0.966 bits per heavy atom. The maximum absolute atomic E-state index is 12.9. The number of carbonyl (C=O) groups excluding carboxylic acids is 1. The normalized spacial score (nSPS) is 14.1. The Bertz CT molecular complexity index is 1090. The van der Waals surface area contributed by atoms with Crippen LogP contribution in [0.4, 0.5) is 5.69 Å². The van der Waals surface area contributed by atoms with Crippen molar-refractivity contribution in [2.24, 2.45) is 0 Å². The van der Waals surface area contributed by atoms with Gasteiger partial charge in [-0.25, -0.2) is 0 Å². The van der Waals surface area contributed by atoms with Gasteiger partial charge in [-0.15, -0.1) is 0 Å². The summed E-state index contributed by atoms with van der Waals surface area (Å²) in [7, 11) is 0. The Labute approximate surface area is 174 Å². The minimum atomic E-state index is -0.357. The lowest BCUT2D eigenvalue weighted by atomic mass is 10.1. The van der Waals surface area contributed by atoms with Crippen LogP contribution in [0.2, 0.25) is 5.02 Å². The monoisotopic (exact) mass is 407 g/mol. The van der Waals surface area contributed by atoms with Crippen molar-refractivity contribution in [3.05, 3.63) is 87.2 Å². The molecule has 1 aliphatic heterocycles. The molecule has 148 valence electrons. The highest BCUT2D eigenvalue weighted by atomic mass is 35.5. The molecule has 29 heavy (non-hydrogen) atoms. The van der Waals surface area contributed by atoms with E-state index in [0.717, 1.165) is 16.8 Å². The van der Waals surface area contributed by atoms with Gasteiger partial charge in [-0.2, -0.15) is 0 Å². The van der Waals surface area contributed by atoms with Crippen LogP contribution in [-0.4, -0.2) is 42.0 Å². The fourth-order valence-electron chi connectivity index (χ4n) is 3.67. The highest BCUT2D eigenvalue weighted by molar-refractivity contribution is 6.30. The molecule has 1 fully saturated rings. The van der Waals surface area contributed by atoms with Gasteiger partial charge in [0.2, 0.25) is 0 Å². The van der Waals surface area contributed by atoms with Crippen LogP contribution in [0, 0.1) is 6.92 Å². The molecule has 0 spiro atoms. The Morgan fingerprint density at radius 3 is 2.38 bits per heavy atom. The second kappa shape index (κ2) is 8.13. The number of pyridine rings is 1. The van der Waals surface area contributed by atoms with Gasteiger partial charge in [0.15, 0.2) is 0 Å². The van der Waals surface area contributed by atoms with Crippen LogP contribution in [0.25, 0.3) is 11.3 Å². The van der Waals surface area contributed by atoms with Gasteiger partial charge in [-0.1, -0.05) is 48.0 Å². The molecule has 0 atom stereocenters. The number of piperazine rings is 1. The maximum Gasteiger partial charge on any atom is 0.261 e. The molecule has 1 saturated heterocycles. The summed E-state index contributed by atoms with van der Waals surface area (Å²) in [5.41, 5.74) is 3.68. The van der Waals surface area contributed by atoms with Crippen LogP contribution in [0.15, 0.2) is 65.5 Å². The van der Waals surface area contributed by atoms with E-state index in [2.05, 4.69) is 16.8 Å². The molecule has 1 aliphatic rings. The molecule has 4 rings (SSSR count). The van der Waals surface area contributed by atoms with Crippen LogP contribution in [0.3, 0.4) is 0 Å². The molecule has 2 aromatic carbocycles. The van der Waals surface area contributed by atoms with Crippen molar-refractivity contribution in [2.45, 2.75) is 6.92 Å². The van der Waals surface area contributed by atoms with E-state index in [1.165, 1.54) is 0 Å². The third kappa shape index (κ3) is 4.05. The number of rotatable bonds is 3. The zero-order valence-electron chi connectivity index (χ0n) is 16.2. The summed E-state index contributed by atoms with van der Waals surface area (Å²) in [5, 5.41) is 0.703. The molecule has 0 unspecified atom stereocenters. The fourth-order valence-corrected chi connectivity index (χ4v) is 3.84. The van der Waals surface area contributed by atoms with Crippen molar-refractivity contribution in [1.82, 2.24) is 9.88 Å². The van der Waals surface area contributed by atoms with Crippen molar-refractivity contribution in [1.29, 1.82) is 0 Å². The number of aromatic amines is 1. The zero-order valence-corrected chi connectivity index (χ0v) is 16.9. The SMILES string of the molecule is Cc1ccc(Cl)cc1N1CCN(C(=O)c2ccc(-c3ccccc3)[nH]c2=O)CC1. The molecule has 2 heterocycles. The number of halogens is 1. The molecule has 0 saturated carbocycles. The van der Waals surface area contributed by atoms with E-state index in [4.69, 9.17) is 11.6 Å². The lowest BCUT2D eigenvalue weighted by Gasteiger charge is -2.36. The van der Waals surface area contributed by atoms with Crippen molar-refractivity contribution < 1.29 is 4.79 Å². The molecular formula is C23H22ClN3O2. The van der Waals surface area contributed by atoms with Gasteiger partial charge in [0.1, 0.15) is 5.56 Å². The van der Waals surface area contributed by atoms with Gasteiger partial charge in [0.05, 0.1) is 0 Å². The van der Waals surface area contributed by atoms with Gasteiger partial charge >= 0.3 is 0 Å². The van der Waals surface area contributed by atoms with Crippen LogP contribution >= 0.6 is 11.6 Å². The number of nitrogens with zero attached hydrogens (tertiary/aromatic N) is 2. The molecule has 1 aromatic heterocycles. The number of nitrogens with one attached hydrogen (secondary N) is 1. The van der Waals surface area contributed by atoms with Gasteiger partial charge < -0.3 is 14.8 Å². The van der Waals surface area contributed by atoms with Gasteiger partial charge in [0.25, 0.3) is 11.5 Å². The summed E-state index contributed by atoms with van der Waals surface area (Å²) in [6.45, 7) is 4.58. The summed E-state index contributed by atoms with van der Waals surface area (Å²) >= 11 is 6.14. The number of aryl methyl sites for hydroxylation is 1. The van der Waals surface area contributed by atoms with E-state index >= 15 is 0 Å². The summed E-state index contributed by atoms with van der Waals surface area (Å²) in [6, 6.07) is 18.8. The molecule has 1 N–H and O–H groups in total. The lowest BCUT2D eigenvalue weighted by Crippen LogP contribution is -2.49. The highest BCUT2D eigenvalue weighted by Crippen LogP contribution is 2.25. The predicted molar refractivity (Wildman–Crippen MR) is 117 cm³/mol. The Morgan fingerprint density at radius 2 is 1.69 bits per heavy atom. The number of hydrogen-bond donors (Lipinski definition) is 1. The first-order valence-corrected chi connectivity index (χ1v) is 10.00. The number of H-pyrrole nitrogens is 1. The van der Waals surface area contributed by atoms with Crippen molar-refractivity contribution in [3.63, 3.8) is 0 Å². The van der Waals surface area contributed by atoms with E-state index in [1.807, 2.05) is 48.5 Å². The summed E-state index contributed by atoms with van der Waals surface area (Å²) < 4.78 is 0. The van der Waals surface area contributed by atoms with Gasteiger partial charge in [-0.3, -0.25) is 9.59 Å². The first-order valence-electron chi connectivity index (χ1n) is 9.62. The van der Waals surface area contributed by atoms with Crippen molar-refractivity contribution in [3.8, 4) is 11.3 Å². The molecule has 0 bridgehead atoms. The Balaban J connectivity index is 1.47. The van der Waals surface area contributed by atoms with Gasteiger partial charge in [-0.05, 0) is 42.3 Å². The zero-order chi connectivity index (χ0) is 20.4. The second-order valence-electron chi connectivity index (χ2n) is 7.19. The van der Waals surface area contributed by atoms with E-state index in [9.17, 15) is 9.59 Å². The third-order valence-corrected chi connectivity index (χ3v) is 5.54. The minimum absolute atomic E-state index is 0.178. The van der Waals surface area contributed by atoms with Crippen LogP contribution in [0.1, 0.15) is 15.9 Å². The third-order valence-electron chi connectivity index (χ3n) is 5.30. The molecule has 0 aliphatic carbocycles. The second-order valence-corrected chi connectivity index (χ2v) is 7.63. The summed E-state index contributed by atoms with van der Waals surface area (Å²) in [6.07, 6.45) is 0. The number of hydrogen-bond acceptors (Lipinski definition) is 3. The van der Waals surface area contributed by atoms with Crippen LogP contribution < -0.4 is 10.5 Å². The quantitative estimate of drug-likeness (QED) is 0.714. The predicted octanol–water partition coefficient (Wildman–Crippen LogP) is 3.97. The van der Waals surface area contributed by atoms with Crippen LogP contribution in [0.5, 0.6) is 0 Å². The number of amides is 1. The first kappa shape index (κ1) is 19.3. The van der Waals surface area contributed by atoms with E-state index in [0.29, 0.717) is 36.9 Å². The summed E-state index contributed by atoms with van der Waals surface area (Å²) in [5.74, 6) is -0.228. The average Bonchev–Trinajstić information content (AvgIpc) is 2.76. The van der Waals surface area contributed by atoms with Crippen LogP contribution in [-0.2, 0) is 0 Å². The largest absolute Gasteiger partial charge is 0.368 e. The standard InChI is InChI=1S/C23H22ClN3O2/c1-16-7-8-18(24)15-21(16)26-11-13-27(14-12-26)23(29)19-9-10-20(25-22(19)28)17-5-3-2-4-6-17/h2-10,15H,11-14H2,1H3,(H,25,28). The van der Waals surface area contributed by atoms with E-state index in [1.54, 1.807) is 17.0 Å². The highest BCUT2D eigenvalue weighted by Gasteiger charge is 2.24. The lowest BCUT2D eigenvalue weighted by molar-refractivity contribution is 0.0745. The molecule has 3 aromatic rings. The Kier molecular flexibility index (Phi) is 5.41. The number of anilines is 1. The average molecular weight is 408 g/mol. The Hall–Kier alpha value is -3.05. The minimum Gasteiger partial charge on any atom is -0.368 e.